The van der Waals surface area contributed by atoms with Crippen LogP contribution in [0, 0.1) is 0 Å². The van der Waals surface area contributed by atoms with Gasteiger partial charge in [0.05, 0.1) is 5.69 Å². The molecule has 4 heteroatoms. The molecule has 84 valence electrons. The molecule has 0 aliphatic carbocycles. The molecule has 0 unspecified atom stereocenters. The summed E-state index contributed by atoms with van der Waals surface area (Å²) in [6, 6.07) is 7.05. The summed E-state index contributed by atoms with van der Waals surface area (Å²) in [6.07, 6.45) is 0. The second-order valence-electron chi connectivity index (χ2n) is 3.83. The number of anilines is 1. The van der Waals surface area contributed by atoms with Gasteiger partial charge in [-0.1, -0.05) is 24.3 Å². The van der Waals surface area contributed by atoms with Crippen LogP contribution in [0.25, 0.3) is 10.8 Å². The fourth-order valence-corrected chi connectivity index (χ4v) is 1.83. The lowest BCUT2D eigenvalue weighted by Gasteiger charge is -2.18. The van der Waals surface area contributed by atoms with E-state index in [0.29, 0.717) is 16.5 Å². The number of hydrogen-bond acceptors (Lipinski definition) is 4. The number of fused-ring (bicyclic) bond motifs is 1. The van der Waals surface area contributed by atoms with E-state index in [1.54, 1.807) is 37.2 Å². The van der Waals surface area contributed by atoms with Crippen LogP contribution in [-0.2, 0) is 0 Å². The molecule has 0 aliphatic rings. The normalized spacial score (nSPS) is 10.6. The second kappa shape index (κ2) is 3.48. The molecule has 0 saturated heterocycles. The molecule has 2 aromatic rings. The Morgan fingerprint density at radius 3 is 1.94 bits per heavy atom. The van der Waals surface area contributed by atoms with Gasteiger partial charge in [0, 0.05) is 24.9 Å². The van der Waals surface area contributed by atoms with Gasteiger partial charge in [-0.25, -0.2) is 0 Å². The molecule has 0 aliphatic heterocycles. The maximum absolute atomic E-state index is 9.80. The number of aromatic hydroxyl groups is 3. The van der Waals surface area contributed by atoms with E-state index in [2.05, 4.69) is 0 Å². The summed E-state index contributed by atoms with van der Waals surface area (Å²) in [5.41, 5.74) is 0.492. The highest BCUT2D eigenvalue weighted by molar-refractivity contribution is 6.03. The van der Waals surface area contributed by atoms with Gasteiger partial charge in [0.25, 0.3) is 0 Å². The molecule has 16 heavy (non-hydrogen) atoms. The Morgan fingerprint density at radius 1 is 0.812 bits per heavy atom. The van der Waals surface area contributed by atoms with Crippen molar-refractivity contribution in [2.45, 2.75) is 0 Å². The first-order valence-electron chi connectivity index (χ1n) is 4.87. The van der Waals surface area contributed by atoms with Crippen molar-refractivity contribution in [2.24, 2.45) is 0 Å². The second-order valence-corrected chi connectivity index (χ2v) is 3.83. The molecule has 0 amide bonds. The lowest BCUT2D eigenvalue weighted by molar-refractivity contribution is 0.372. The van der Waals surface area contributed by atoms with E-state index in [-0.39, 0.29) is 11.5 Å². The Kier molecular flexibility index (Phi) is 2.27. The van der Waals surface area contributed by atoms with Crippen LogP contribution < -0.4 is 4.90 Å². The molecular weight excluding hydrogens is 206 g/mol. The van der Waals surface area contributed by atoms with Crippen molar-refractivity contribution in [2.75, 3.05) is 19.0 Å². The van der Waals surface area contributed by atoms with Gasteiger partial charge < -0.3 is 20.2 Å². The summed E-state index contributed by atoms with van der Waals surface area (Å²) in [4.78, 5) is 1.69. The van der Waals surface area contributed by atoms with Crippen molar-refractivity contribution in [1.82, 2.24) is 0 Å². The van der Waals surface area contributed by atoms with Crippen LogP contribution in [0.15, 0.2) is 24.3 Å². The molecular formula is C12H13NO3. The third-order valence-corrected chi connectivity index (χ3v) is 2.56. The monoisotopic (exact) mass is 219 g/mol. The van der Waals surface area contributed by atoms with Crippen LogP contribution in [0.4, 0.5) is 5.69 Å². The zero-order valence-electron chi connectivity index (χ0n) is 9.10. The summed E-state index contributed by atoms with van der Waals surface area (Å²) < 4.78 is 0. The third-order valence-electron chi connectivity index (χ3n) is 2.56. The number of hydrogen-bond donors (Lipinski definition) is 3. The molecule has 0 spiro atoms. The van der Waals surface area contributed by atoms with E-state index in [1.165, 1.54) is 0 Å². The summed E-state index contributed by atoms with van der Waals surface area (Å²) >= 11 is 0. The largest absolute Gasteiger partial charge is 0.504 e. The van der Waals surface area contributed by atoms with Crippen molar-refractivity contribution in [3.8, 4) is 17.2 Å². The predicted octanol–water partition coefficient (Wildman–Crippen LogP) is 2.02. The van der Waals surface area contributed by atoms with Gasteiger partial charge in [-0.05, 0) is 0 Å². The van der Waals surface area contributed by atoms with Crippen LogP contribution >= 0.6 is 0 Å². The quantitative estimate of drug-likeness (QED) is 0.642. The predicted molar refractivity (Wildman–Crippen MR) is 63.3 cm³/mol. The van der Waals surface area contributed by atoms with Crippen LogP contribution in [-0.4, -0.2) is 29.4 Å². The Morgan fingerprint density at radius 2 is 1.38 bits per heavy atom. The van der Waals surface area contributed by atoms with Crippen molar-refractivity contribution in [1.29, 1.82) is 0 Å². The molecule has 2 aromatic carbocycles. The zero-order valence-corrected chi connectivity index (χ0v) is 9.10. The SMILES string of the molecule is CN(C)c1c(O)c(O)c(O)c2ccccc12. The summed E-state index contributed by atoms with van der Waals surface area (Å²) in [5.74, 6) is -1.08. The Balaban J connectivity index is 2.98. The molecule has 2 rings (SSSR count). The zero-order chi connectivity index (χ0) is 11.9. The lowest BCUT2D eigenvalue weighted by atomic mass is 10.1. The van der Waals surface area contributed by atoms with E-state index in [0.717, 1.165) is 0 Å². The molecule has 0 bridgehead atoms. The van der Waals surface area contributed by atoms with Gasteiger partial charge in [-0.2, -0.15) is 0 Å². The van der Waals surface area contributed by atoms with E-state index < -0.39 is 5.75 Å². The maximum atomic E-state index is 9.80. The summed E-state index contributed by atoms with van der Waals surface area (Å²) in [6.45, 7) is 0. The first kappa shape index (κ1) is 10.4. The fourth-order valence-electron chi connectivity index (χ4n) is 1.83. The Hall–Kier alpha value is -2.10. The minimum absolute atomic E-state index is 0.293. The molecule has 0 saturated carbocycles. The lowest BCUT2D eigenvalue weighted by Crippen LogP contribution is -2.09. The average molecular weight is 219 g/mol. The standard InChI is InChI=1S/C12H13NO3/c1-13(2)9-7-5-3-4-6-8(7)10(14)12(16)11(9)15/h3-6,14-16H,1-2H3. The van der Waals surface area contributed by atoms with Gasteiger partial charge in [-0.3, -0.25) is 0 Å². The minimum atomic E-state index is -0.484. The Bertz CT molecular complexity index is 549. The fraction of sp³-hybridized carbons (Fsp3) is 0.167. The van der Waals surface area contributed by atoms with Crippen LogP contribution in [0.1, 0.15) is 0 Å². The highest BCUT2D eigenvalue weighted by atomic mass is 16.3. The van der Waals surface area contributed by atoms with Gasteiger partial charge in [-0.15, -0.1) is 0 Å². The highest BCUT2D eigenvalue weighted by Gasteiger charge is 2.18. The molecule has 0 radical (unpaired) electrons. The van der Waals surface area contributed by atoms with Crippen LogP contribution in [0.2, 0.25) is 0 Å². The number of nitrogens with zero attached hydrogens (tertiary/aromatic N) is 1. The van der Waals surface area contributed by atoms with Crippen molar-refractivity contribution < 1.29 is 15.3 Å². The minimum Gasteiger partial charge on any atom is -0.504 e. The first-order chi connectivity index (χ1) is 7.54. The molecule has 0 aromatic heterocycles. The van der Waals surface area contributed by atoms with Crippen molar-refractivity contribution >= 4 is 16.5 Å². The van der Waals surface area contributed by atoms with Gasteiger partial charge in [0.1, 0.15) is 0 Å². The van der Waals surface area contributed by atoms with Gasteiger partial charge in [0.2, 0.25) is 5.75 Å². The molecule has 4 nitrogen and oxygen atoms in total. The number of phenolic OH excluding ortho intramolecular Hbond substituents is 3. The van der Waals surface area contributed by atoms with E-state index in [9.17, 15) is 15.3 Å². The number of rotatable bonds is 1. The molecule has 0 fully saturated rings. The topological polar surface area (TPSA) is 63.9 Å². The van der Waals surface area contributed by atoms with E-state index >= 15 is 0 Å². The van der Waals surface area contributed by atoms with E-state index in [4.69, 9.17) is 0 Å². The van der Waals surface area contributed by atoms with E-state index in [1.807, 2.05) is 6.07 Å². The maximum Gasteiger partial charge on any atom is 0.203 e. The smallest absolute Gasteiger partial charge is 0.203 e. The average Bonchev–Trinajstić information content (AvgIpc) is 2.26. The molecule has 0 heterocycles. The summed E-state index contributed by atoms with van der Waals surface area (Å²) in [5, 5.41) is 30.3. The third kappa shape index (κ3) is 1.31. The highest BCUT2D eigenvalue weighted by Crippen LogP contribution is 2.48. The van der Waals surface area contributed by atoms with Crippen LogP contribution in [0.3, 0.4) is 0 Å². The molecule has 3 N–H and O–H groups in total. The number of phenols is 3. The first-order valence-corrected chi connectivity index (χ1v) is 4.87. The van der Waals surface area contributed by atoms with Crippen LogP contribution in [0.5, 0.6) is 17.2 Å². The van der Waals surface area contributed by atoms with Crippen molar-refractivity contribution in [3.63, 3.8) is 0 Å². The van der Waals surface area contributed by atoms with Gasteiger partial charge in [0.15, 0.2) is 11.5 Å². The molecule has 0 atom stereocenters. The van der Waals surface area contributed by atoms with Gasteiger partial charge >= 0.3 is 0 Å². The summed E-state index contributed by atoms with van der Waals surface area (Å²) in [7, 11) is 3.52. The van der Waals surface area contributed by atoms with Crippen molar-refractivity contribution in [3.05, 3.63) is 24.3 Å². The number of benzene rings is 2. The Labute approximate surface area is 93.0 Å².